The number of nitrogens with one attached hydrogen (secondary N) is 1. The number of nitrogens with zero attached hydrogens (tertiary/aromatic N) is 5. The molecule has 0 aliphatic heterocycles. The molecule has 27 heavy (non-hydrogen) atoms. The Hall–Kier alpha value is -3.26. The molecule has 0 spiro atoms. The highest BCUT2D eigenvalue weighted by Crippen LogP contribution is 2.24. The van der Waals surface area contributed by atoms with Crippen LogP contribution in [-0.2, 0) is 6.54 Å². The molecule has 2 heterocycles. The van der Waals surface area contributed by atoms with Gasteiger partial charge < -0.3 is 9.88 Å². The van der Waals surface area contributed by atoms with E-state index in [1.165, 1.54) is 29.2 Å². The molecule has 0 atom stereocenters. The molecule has 9 heteroatoms. The lowest BCUT2D eigenvalue weighted by Crippen LogP contribution is -2.27. The SMILES string of the molecule is O=C(NCCn1ccc2c(Cl)cccc21)c1ccc(F)c(-n2cnnn2)c1. The van der Waals surface area contributed by atoms with Gasteiger partial charge in [0.2, 0.25) is 0 Å². The highest BCUT2D eigenvalue weighted by Gasteiger charge is 2.12. The summed E-state index contributed by atoms with van der Waals surface area (Å²) in [5.74, 6) is -0.826. The molecule has 0 radical (unpaired) electrons. The van der Waals surface area contributed by atoms with E-state index in [2.05, 4.69) is 20.8 Å². The van der Waals surface area contributed by atoms with Crippen molar-refractivity contribution in [1.29, 1.82) is 0 Å². The van der Waals surface area contributed by atoms with Gasteiger partial charge in [-0.1, -0.05) is 17.7 Å². The average molecular weight is 385 g/mol. The van der Waals surface area contributed by atoms with E-state index in [-0.39, 0.29) is 11.6 Å². The Balaban J connectivity index is 1.45. The Kier molecular flexibility index (Phi) is 4.55. The molecular formula is C18H14ClFN6O. The molecule has 0 saturated heterocycles. The first kappa shape index (κ1) is 17.2. The van der Waals surface area contributed by atoms with E-state index in [9.17, 15) is 9.18 Å². The Labute approximate surface area is 158 Å². The molecule has 0 saturated carbocycles. The van der Waals surface area contributed by atoms with E-state index in [0.717, 1.165) is 10.9 Å². The van der Waals surface area contributed by atoms with Gasteiger partial charge in [0, 0.05) is 40.8 Å². The van der Waals surface area contributed by atoms with Crippen molar-refractivity contribution in [1.82, 2.24) is 30.1 Å². The number of aromatic nitrogens is 5. The molecule has 0 bridgehead atoms. The van der Waals surface area contributed by atoms with Crippen molar-refractivity contribution in [2.24, 2.45) is 0 Å². The Morgan fingerprint density at radius 2 is 2.11 bits per heavy atom. The maximum atomic E-state index is 14.0. The number of tetrazole rings is 1. The van der Waals surface area contributed by atoms with Crippen LogP contribution in [0, 0.1) is 5.82 Å². The fourth-order valence-electron chi connectivity index (χ4n) is 2.87. The zero-order valence-electron chi connectivity index (χ0n) is 14.0. The lowest BCUT2D eigenvalue weighted by atomic mass is 10.2. The maximum absolute atomic E-state index is 14.0. The number of hydrogen-bond donors (Lipinski definition) is 1. The summed E-state index contributed by atoms with van der Waals surface area (Å²) in [7, 11) is 0. The van der Waals surface area contributed by atoms with Crippen molar-refractivity contribution in [3.05, 3.63) is 71.4 Å². The van der Waals surface area contributed by atoms with Gasteiger partial charge in [0.15, 0.2) is 0 Å². The van der Waals surface area contributed by atoms with Gasteiger partial charge in [-0.15, -0.1) is 5.10 Å². The summed E-state index contributed by atoms with van der Waals surface area (Å²) in [6.45, 7) is 0.989. The van der Waals surface area contributed by atoms with E-state index in [0.29, 0.717) is 23.7 Å². The van der Waals surface area contributed by atoms with Crippen LogP contribution in [0.4, 0.5) is 4.39 Å². The van der Waals surface area contributed by atoms with Gasteiger partial charge in [-0.05, 0) is 46.8 Å². The molecule has 0 unspecified atom stereocenters. The van der Waals surface area contributed by atoms with Gasteiger partial charge in [0.05, 0.1) is 0 Å². The fourth-order valence-corrected chi connectivity index (χ4v) is 3.11. The number of carbonyl (C=O) groups is 1. The highest BCUT2D eigenvalue weighted by atomic mass is 35.5. The molecule has 0 aliphatic rings. The van der Waals surface area contributed by atoms with Gasteiger partial charge in [0.1, 0.15) is 17.8 Å². The summed E-state index contributed by atoms with van der Waals surface area (Å²) in [5.41, 5.74) is 1.43. The number of halogens is 2. The third kappa shape index (κ3) is 3.39. The van der Waals surface area contributed by atoms with Gasteiger partial charge in [-0.2, -0.15) is 4.68 Å². The van der Waals surface area contributed by atoms with Crippen molar-refractivity contribution in [2.75, 3.05) is 6.54 Å². The Morgan fingerprint density at radius 3 is 2.93 bits per heavy atom. The second-order valence-electron chi connectivity index (χ2n) is 5.86. The standard InChI is InChI=1S/C18H14ClFN6O/c19-14-2-1-3-16-13(14)6-8-25(16)9-7-21-18(27)12-4-5-15(20)17(10-12)26-11-22-23-24-26/h1-6,8,10-11H,7,9H2,(H,21,27). The van der Waals surface area contributed by atoms with Crippen LogP contribution in [0.25, 0.3) is 16.6 Å². The zero-order valence-corrected chi connectivity index (χ0v) is 14.8. The normalized spacial score (nSPS) is 11.0. The Bertz CT molecular complexity index is 1110. The molecule has 136 valence electrons. The largest absolute Gasteiger partial charge is 0.350 e. The molecule has 0 fully saturated rings. The molecule has 1 N–H and O–H groups in total. The van der Waals surface area contributed by atoms with E-state index >= 15 is 0 Å². The van der Waals surface area contributed by atoms with Gasteiger partial charge in [-0.3, -0.25) is 4.79 Å². The number of rotatable bonds is 5. The smallest absolute Gasteiger partial charge is 0.251 e. The van der Waals surface area contributed by atoms with E-state index in [1.807, 2.05) is 35.0 Å². The molecule has 0 aliphatic carbocycles. The van der Waals surface area contributed by atoms with Crippen LogP contribution in [0.2, 0.25) is 5.02 Å². The summed E-state index contributed by atoms with van der Waals surface area (Å²) in [4.78, 5) is 12.4. The molecule has 4 aromatic rings. The van der Waals surface area contributed by atoms with E-state index < -0.39 is 5.82 Å². The zero-order chi connectivity index (χ0) is 18.8. The number of amides is 1. The van der Waals surface area contributed by atoms with E-state index in [4.69, 9.17) is 11.6 Å². The topological polar surface area (TPSA) is 77.6 Å². The summed E-state index contributed by atoms with van der Waals surface area (Å²) in [6.07, 6.45) is 3.19. The first-order valence-electron chi connectivity index (χ1n) is 8.18. The monoisotopic (exact) mass is 384 g/mol. The van der Waals surface area contributed by atoms with Crippen molar-refractivity contribution >= 4 is 28.4 Å². The second-order valence-corrected chi connectivity index (χ2v) is 6.27. The molecular weight excluding hydrogens is 371 g/mol. The minimum absolute atomic E-state index is 0.110. The first-order valence-corrected chi connectivity index (χ1v) is 8.56. The average Bonchev–Trinajstić information content (AvgIpc) is 3.33. The van der Waals surface area contributed by atoms with Crippen LogP contribution in [0.3, 0.4) is 0 Å². The maximum Gasteiger partial charge on any atom is 0.251 e. The predicted molar refractivity (Wildman–Crippen MR) is 98.4 cm³/mol. The molecule has 2 aromatic heterocycles. The van der Waals surface area contributed by atoms with E-state index in [1.54, 1.807) is 0 Å². The minimum Gasteiger partial charge on any atom is -0.350 e. The van der Waals surface area contributed by atoms with Crippen LogP contribution in [0.15, 0.2) is 55.0 Å². The lowest BCUT2D eigenvalue weighted by Gasteiger charge is -2.09. The van der Waals surface area contributed by atoms with Crippen LogP contribution in [0.1, 0.15) is 10.4 Å². The molecule has 4 rings (SSSR count). The van der Waals surface area contributed by atoms with Crippen molar-refractivity contribution in [3.8, 4) is 5.69 Å². The fraction of sp³-hybridized carbons (Fsp3) is 0.111. The summed E-state index contributed by atoms with van der Waals surface area (Å²) < 4.78 is 17.1. The highest BCUT2D eigenvalue weighted by molar-refractivity contribution is 6.35. The summed E-state index contributed by atoms with van der Waals surface area (Å²) in [5, 5.41) is 15.1. The van der Waals surface area contributed by atoms with Gasteiger partial charge >= 0.3 is 0 Å². The van der Waals surface area contributed by atoms with Crippen LogP contribution in [0.5, 0.6) is 0 Å². The first-order chi connectivity index (χ1) is 13.1. The predicted octanol–water partition coefficient (Wildman–Crippen LogP) is 2.84. The van der Waals surface area contributed by atoms with Crippen molar-refractivity contribution in [2.45, 2.75) is 6.54 Å². The lowest BCUT2D eigenvalue weighted by molar-refractivity contribution is 0.0952. The minimum atomic E-state index is -0.519. The number of carbonyl (C=O) groups excluding carboxylic acids is 1. The summed E-state index contributed by atoms with van der Waals surface area (Å²) in [6, 6.07) is 11.7. The number of fused-ring (bicyclic) bond motifs is 1. The summed E-state index contributed by atoms with van der Waals surface area (Å²) >= 11 is 6.18. The Morgan fingerprint density at radius 1 is 1.22 bits per heavy atom. The van der Waals surface area contributed by atoms with Gasteiger partial charge in [-0.25, -0.2) is 4.39 Å². The van der Waals surface area contributed by atoms with Crippen LogP contribution in [-0.4, -0.2) is 37.2 Å². The second kappa shape index (κ2) is 7.16. The quantitative estimate of drug-likeness (QED) is 0.574. The molecule has 7 nitrogen and oxygen atoms in total. The molecule has 2 aromatic carbocycles. The van der Waals surface area contributed by atoms with Crippen LogP contribution >= 0.6 is 11.6 Å². The third-order valence-corrected chi connectivity index (χ3v) is 4.53. The molecule has 1 amide bonds. The van der Waals surface area contributed by atoms with Crippen LogP contribution < -0.4 is 5.32 Å². The van der Waals surface area contributed by atoms with Crippen molar-refractivity contribution < 1.29 is 9.18 Å². The third-order valence-electron chi connectivity index (χ3n) is 4.20. The van der Waals surface area contributed by atoms with Crippen molar-refractivity contribution in [3.63, 3.8) is 0 Å². The van der Waals surface area contributed by atoms with Gasteiger partial charge in [0.25, 0.3) is 5.91 Å². The number of benzene rings is 2. The number of hydrogen-bond acceptors (Lipinski definition) is 4.